The van der Waals surface area contributed by atoms with E-state index >= 15 is 0 Å². The van der Waals surface area contributed by atoms with Crippen LogP contribution in [0.2, 0.25) is 0 Å². The Hall–Kier alpha value is -1.20. The predicted octanol–water partition coefficient (Wildman–Crippen LogP) is 2.99. The molecule has 0 aliphatic rings. The molecule has 1 N–H and O–H groups in total. The maximum Gasteiger partial charge on any atom is 0.240 e. The van der Waals surface area contributed by atoms with E-state index in [-0.39, 0.29) is 10.7 Å². The monoisotopic (exact) mass is 297 g/mol. The van der Waals surface area contributed by atoms with E-state index in [1.165, 1.54) is 12.1 Å². The number of sulfonamides is 1. The number of Topliss-reactive ketones (excluding diaryl/α,β-unsaturated/α-hetero) is 1. The zero-order valence-electron chi connectivity index (χ0n) is 12.3. The summed E-state index contributed by atoms with van der Waals surface area (Å²) in [4.78, 5) is 11.9. The zero-order chi connectivity index (χ0) is 15.2. The Morgan fingerprint density at radius 1 is 1.20 bits per heavy atom. The van der Waals surface area contributed by atoms with Gasteiger partial charge < -0.3 is 0 Å². The second kappa shape index (κ2) is 7.55. The highest BCUT2D eigenvalue weighted by molar-refractivity contribution is 7.89. The largest absolute Gasteiger partial charge is 0.294 e. The molecule has 0 aliphatic carbocycles. The van der Waals surface area contributed by atoms with Gasteiger partial charge >= 0.3 is 0 Å². The molecule has 112 valence electrons. The third-order valence-electron chi connectivity index (χ3n) is 2.98. The van der Waals surface area contributed by atoms with Crippen LogP contribution in [0.1, 0.15) is 50.4 Å². The molecule has 4 nitrogen and oxygen atoms in total. The fourth-order valence-corrected chi connectivity index (χ4v) is 2.80. The van der Waals surface area contributed by atoms with Crippen LogP contribution in [0.5, 0.6) is 0 Å². The zero-order valence-corrected chi connectivity index (χ0v) is 13.2. The second-order valence-corrected chi connectivity index (χ2v) is 7.04. The maximum atomic E-state index is 12.0. The predicted molar refractivity (Wildman–Crippen MR) is 80.3 cm³/mol. The van der Waals surface area contributed by atoms with Gasteiger partial charge in [0.15, 0.2) is 5.78 Å². The quantitative estimate of drug-likeness (QED) is 0.750. The van der Waals surface area contributed by atoms with Gasteiger partial charge in [-0.15, -0.1) is 0 Å². The van der Waals surface area contributed by atoms with Crippen LogP contribution < -0.4 is 4.72 Å². The summed E-state index contributed by atoms with van der Waals surface area (Å²) in [5.74, 6) is 0.496. The molecular formula is C15H23NO3S. The third kappa shape index (κ3) is 5.06. The molecule has 0 saturated heterocycles. The molecule has 1 aromatic rings. The molecule has 0 heterocycles. The lowest BCUT2D eigenvalue weighted by Gasteiger charge is -2.08. The minimum absolute atomic E-state index is 0.0456. The molecule has 20 heavy (non-hydrogen) atoms. The maximum absolute atomic E-state index is 12.0. The van der Waals surface area contributed by atoms with Crippen LogP contribution in [-0.2, 0) is 10.0 Å². The van der Waals surface area contributed by atoms with Gasteiger partial charge in [-0.05, 0) is 30.9 Å². The van der Waals surface area contributed by atoms with Crippen molar-refractivity contribution in [3.05, 3.63) is 29.8 Å². The first kappa shape index (κ1) is 16.9. The van der Waals surface area contributed by atoms with Crippen LogP contribution in [0, 0.1) is 5.92 Å². The highest BCUT2D eigenvalue weighted by atomic mass is 32.2. The molecule has 0 atom stereocenters. The summed E-state index contributed by atoms with van der Waals surface area (Å²) < 4.78 is 26.6. The van der Waals surface area contributed by atoms with Crippen LogP contribution >= 0.6 is 0 Å². The summed E-state index contributed by atoms with van der Waals surface area (Å²) in [5.41, 5.74) is 0.563. The number of benzene rings is 1. The molecule has 0 amide bonds. The smallest absolute Gasteiger partial charge is 0.240 e. The average Bonchev–Trinajstić information content (AvgIpc) is 2.38. The van der Waals surface area contributed by atoms with Gasteiger partial charge in [0.2, 0.25) is 10.0 Å². The molecule has 0 aromatic heterocycles. The lowest BCUT2D eigenvalue weighted by molar-refractivity contribution is 0.0981. The van der Waals surface area contributed by atoms with Crippen molar-refractivity contribution >= 4 is 15.8 Å². The van der Waals surface area contributed by atoms with E-state index in [4.69, 9.17) is 0 Å². The molecule has 1 rings (SSSR count). The minimum atomic E-state index is -3.47. The summed E-state index contributed by atoms with van der Waals surface area (Å²) in [6.45, 7) is 6.46. The van der Waals surface area contributed by atoms with Gasteiger partial charge in [0.05, 0.1) is 4.90 Å². The molecule has 0 radical (unpaired) electrons. The van der Waals surface area contributed by atoms with Crippen LogP contribution in [0.25, 0.3) is 0 Å². The van der Waals surface area contributed by atoms with E-state index in [1.807, 2.05) is 20.8 Å². The Balaban J connectivity index is 2.74. The number of rotatable bonds is 8. The van der Waals surface area contributed by atoms with Crippen molar-refractivity contribution in [1.82, 2.24) is 4.72 Å². The van der Waals surface area contributed by atoms with E-state index in [0.717, 1.165) is 12.8 Å². The second-order valence-electron chi connectivity index (χ2n) is 5.28. The Kier molecular flexibility index (Phi) is 6.36. The molecule has 0 aliphatic heterocycles. The van der Waals surface area contributed by atoms with E-state index < -0.39 is 10.0 Å². The number of hydrogen-bond acceptors (Lipinski definition) is 3. The highest BCUT2D eigenvalue weighted by Crippen LogP contribution is 2.13. The van der Waals surface area contributed by atoms with Gasteiger partial charge in [0.25, 0.3) is 0 Å². The SMILES string of the molecule is CCCC(=O)c1ccc(S(=O)(=O)NCCC(C)C)cc1. The molecule has 0 fully saturated rings. The average molecular weight is 297 g/mol. The van der Waals surface area contributed by atoms with Crippen LogP contribution in [-0.4, -0.2) is 20.7 Å². The molecule has 0 saturated carbocycles. The Labute approximate surface area is 121 Å². The Morgan fingerprint density at radius 2 is 1.80 bits per heavy atom. The van der Waals surface area contributed by atoms with Crippen LogP contribution in [0.3, 0.4) is 0 Å². The van der Waals surface area contributed by atoms with Gasteiger partial charge in [-0.1, -0.05) is 32.9 Å². The summed E-state index contributed by atoms with van der Waals surface area (Å²) in [7, 11) is -3.47. The third-order valence-corrected chi connectivity index (χ3v) is 4.45. The summed E-state index contributed by atoms with van der Waals surface area (Å²) in [6.07, 6.45) is 2.07. The van der Waals surface area contributed by atoms with E-state index in [1.54, 1.807) is 12.1 Å². The van der Waals surface area contributed by atoms with Gasteiger partial charge in [0, 0.05) is 18.5 Å². The summed E-state index contributed by atoms with van der Waals surface area (Å²) in [5, 5.41) is 0. The van der Waals surface area contributed by atoms with Crippen molar-refractivity contribution in [1.29, 1.82) is 0 Å². The van der Waals surface area contributed by atoms with Gasteiger partial charge in [-0.3, -0.25) is 4.79 Å². The first-order valence-electron chi connectivity index (χ1n) is 6.99. The van der Waals surface area contributed by atoms with Crippen molar-refractivity contribution in [3.8, 4) is 0 Å². The Morgan fingerprint density at radius 3 is 2.30 bits per heavy atom. The first-order chi connectivity index (χ1) is 9.36. The lowest BCUT2D eigenvalue weighted by Crippen LogP contribution is -2.25. The van der Waals surface area contributed by atoms with Crippen molar-refractivity contribution < 1.29 is 13.2 Å². The van der Waals surface area contributed by atoms with E-state index in [0.29, 0.717) is 24.4 Å². The number of carbonyl (C=O) groups excluding carboxylic acids is 1. The van der Waals surface area contributed by atoms with Crippen LogP contribution in [0.4, 0.5) is 0 Å². The van der Waals surface area contributed by atoms with E-state index in [2.05, 4.69) is 4.72 Å². The van der Waals surface area contributed by atoms with Crippen molar-refractivity contribution in [2.75, 3.05) is 6.54 Å². The molecular weight excluding hydrogens is 274 g/mol. The molecule has 0 spiro atoms. The normalized spacial score (nSPS) is 11.8. The standard InChI is InChI=1S/C15H23NO3S/c1-4-5-15(17)13-6-8-14(9-7-13)20(18,19)16-11-10-12(2)3/h6-9,12,16H,4-5,10-11H2,1-3H3. The van der Waals surface area contributed by atoms with Crippen molar-refractivity contribution in [2.45, 2.75) is 44.9 Å². The van der Waals surface area contributed by atoms with E-state index in [9.17, 15) is 13.2 Å². The number of carbonyl (C=O) groups is 1. The molecule has 1 aromatic carbocycles. The molecule has 5 heteroatoms. The van der Waals surface area contributed by atoms with Crippen molar-refractivity contribution in [3.63, 3.8) is 0 Å². The Bertz CT molecular complexity index is 533. The summed E-state index contributed by atoms with van der Waals surface area (Å²) >= 11 is 0. The number of hydrogen-bond donors (Lipinski definition) is 1. The van der Waals surface area contributed by atoms with Gasteiger partial charge in [-0.25, -0.2) is 13.1 Å². The fourth-order valence-electron chi connectivity index (χ4n) is 1.76. The van der Waals surface area contributed by atoms with Crippen LogP contribution in [0.15, 0.2) is 29.2 Å². The van der Waals surface area contributed by atoms with Gasteiger partial charge in [-0.2, -0.15) is 0 Å². The number of nitrogens with one attached hydrogen (secondary N) is 1. The first-order valence-corrected chi connectivity index (χ1v) is 8.48. The van der Waals surface area contributed by atoms with Gasteiger partial charge in [0.1, 0.15) is 0 Å². The highest BCUT2D eigenvalue weighted by Gasteiger charge is 2.14. The van der Waals surface area contributed by atoms with Crippen molar-refractivity contribution in [2.24, 2.45) is 5.92 Å². The fraction of sp³-hybridized carbons (Fsp3) is 0.533. The lowest BCUT2D eigenvalue weighted by atomic mass is 10.1. The molecule has 0 unspecified atom stereocenters. The number of ketones is 1. The topological polar surface area (TPSA) is 63.2 Å². The molecule has 0 bridgehead atoms. The summed E-state index contributed by atoms with van der Waals surface area (Å²) in [6, 6.07) is 6.13. The minimum Gasteiger partial charge on any atom is -0.294 e.